The standard InChI is InChI=1S/C26H35N3O2/c1-5-21(6-2)26(30)27-18-25-28-22-11-7-8-12-23(22)29(25)15-9-10-16-31-24-17-19(3)13-14-20(24)4/h7-8,11-14,17,21H,5-6,9-10,15-16,18H2,1-4H3,(H,27,30). The number of carbonyl (C=O) groups excluding carboxylic acids is 1. The molecule has 3 rings (SSSR count). The van der Waals surface area contributed by atoms with Gasteiger partial charge in [0.2, 0.25) is 5.91 Å². The van der Waals surface area contributed by atoms with Crippen LogP contribution in [0.25, 0.3) is 11.0 Å². The van der Waals surface area contributed by atoms with Crippen LogP contribution in [0.3, 0.4) is 0 Å². The summed E-state index contributed by atoms with van der Waals surface area (Å²) in [5, 5.41) is 3.09. The molecule has 0 saturated heterocycles. The third-order valence-corrected chi connectivity index (χ3v) is 5.89. The zero-order valence-corrected chi connectivity index (χ0v) is 19.3. The average Bonchev–Trinajstić information content (AvgIpc) is 3.12. The Bertz CT molecular complexity index is 1010. The van der Waals surface area contributed by atoms with Crippen LogP contribution in [0.1, 0.15) is 56.5 Å². The van der Waals surface area contributed by atoms with Crippen molar-refractivity contribution >= 4 is 16.9 Å². The number of fused-ring (bicyclic) bond motifs is 1. The first-order valence-electron chi connectivity index (χ1n) is 11.4. The van der Waals surface area contributed by atoms with E-state index in [0.29, 0.717) is 13.2 Å². The van der Waals surface area contributed by atoms with Gasteiger partial charge in [-0.1, -0.05) is 38.1 Å². The summed E-state index contributed by atoms with van der Waals surface area (Å²) in [5.74, 6) is 2.07. The maximum atomic E-state index is 12.4. The molecular formula is C26H35N3O2. The fraction of sp³-hybridized carbons (Fsp3) is 0.462. The molecule has 2 aromatic carbocycles. The molecular weight excluding hydrogens is 386 g/mol. The van der Waals surface area contributed by atoms with Gasteiger partial charge >= 0.3 is 0 Å². The molecule has 0 bridgehead atoms. The lowest BCUT2D eigenvalue weighted by molar-refractivity contribution is -0.125. The molecule has 0 aliphatic rings. The summed E-state index contributed by atoms with van der Waals surface area (Å²) < 4.78 is 8.24. The average molecular weight is 422 g/mol. The highest BCUT2D eigenvalue weighted by atomic mass is 16.5. The molecule has 1 aromatic heterocycles. The van der Waals surface area contributed by atoms with E-state index in [9.17, 15) is 4.79 Å². The molecule has 0 fully saturated rings. The summed E-state index contributed by atoms with van der Waals surface area (Å²) in [7, 11) is 0. The summed E-state index contributed by atoms with van der Waals surface area (Å²) in [4.78, 5) is 17.2. The van der Waals surface area contributed by atoms with Crippen LogP contribution in [-0.4, -0.2) is 22.1 Å². The topological polar surface area (TPSA) is 56.2 Å². The Morgan fingerprint density at radius 3 is 2.65 bits per heavy atom. The van der Waals surface area contributed by atoms with Crippen molar-refractivity contribution < 1.29 is 9.53 Å². The lowest BCUT2D eigenvalue weighted by Crippen LogP contribution is -2.30. The number of rotatable bonds is 11. The molecule has 3 aromatic rings. The van der Waals surface area contributed by atoms with E-state index < -0.39 is 0 Å². The number of unbranched alkanes of at least 4 members (excludes halogenated alkanes) is 1. The number of hydrogen-bond donors (Lipinski definition) is 1. The van der Waals surface area contributed by atoms with Gasteiger partial charge in [-0.25, -0.2) is 4.98 Å². The van der Waals surface area contributed by atoms with Gasteiger partial charge in [0.15, 0.2) is 0 Å². The summed E-state index contributed by atoms with van der Waals surface area (Å²) in [6.45, 7) is 10.3. The monoisotopic (exact) mass is 421 g/mol. The first-order chi connectivity index (χ1) is 15.0. The number of imidazole rings is 1. The maximum Gasteiger partial charge on any atom is 0.223 e. The Morgan fingerprint density at radius 2 is 1.87 bits per heavy atom. The van der Waals surface area contributed by atoms with Gasteiger partial charge in [-0.2, -0.15) is 0 Å². The molecule has 0 aliphatic heterocycles. The number of nitrogens with one attached hydrogen (secondary N) is 1. The van der Waals surface area contributed by atoms with Crippen molar-refractivity contribution in [3.63, 3.8) is 0 Å². The molecule has 0 atom stereocenters. The van der Waals surface area contributed by atoms with E-state index in [-0.39, 0.29) is 11.8 Å². The van der Waals surface area contributed by atoms with Gasteiger partial charge in [0.25, 0.3) is 0 Å². The first kappa shape index (κ1) is 22.9. The first-order valence-corrected chi connectivity index (χ1v) is 11.4. The van der Waals surface area contributed by atoms with Gasteiger partial charge in [-0.15, -0.1) is 0 Å². The van der Waals surface area contributed by atoms with Gasteiger partial charge in [-0.3, -0.25) is 4.79 Å². The van der Waals surface area contributed by atoms with Gasteiger partial charge < -0.3 is 14.6 Å². The number of hydrogen-bond acceptors (Lipinski definition) is 3. The highest BCUT2D eigenvalue weighted by Gasteiger charge is 2.16. The Kier molecular flexibility index (Phi) is 8.10. The fourth-order valence-corrected chi connectivity index (χ4v) is 3.90. The highest BCUT2D eigenvalue weighted by Crippen LogP contribution is 2.20. The second kappa shape index (κ2) is 11.0. The smallest absolute Gasteiger partial charge is 0.223 e. The molecule has 1 N–H and O–H groups in total. The van der Waals surface area contributed by atoms with Crippen molar-refractivity contribution in [1.82, 2.24) is 14.9 Å². The minimum Gasteiger partial charge on any atom is -0.493 e. The zero-order chi connectivity index (χ0) is 22.2. The third kappa shape index (κ3) is 5.87. The molecule has 0 spiro atoms. The van der Waals surface area contributed by atoms with Crippen LogP contribution in [0.5, 0.6) is 5.75 Å². The summed E-state index contributed by atoms with van der Waals surface area (Å²) in [6, 6.07) is 14.5. The third-order valence-electron chi connectivity index (χ3n) is 5.89. The van der Waals surface area contributed by atoms with E-state index in [0.717, 1.165) is 54.8 Å². The fourth-order valence-electron chi connectivity index (χ4n) is 3.90. The second-order valence-electron chi connectivity index (χ2n) is 8.22. The van der Waals surface area contributed by atoms with Crippen LogP contribution in [0, 0.1) is 19.8 Å². The van der Waals surface area contributed by atoms with Crippen LogP contribution in [0.2, 0.25) is 0 Å². The minimum atomic E-state index is 0.0695. The minimum absolute atomic E-state index is 0.0695. The number of benzene rings is 2. The Hall–Kier alpha value is -2.82. The molecule has 0 saturated carbocycles. The quantitative estimate of drug-likeness (QED) is 0.412. The number of aromatic nitrogens is 2. The van der Waals surface area contributed by atoms with Crippen molar-refractivity contribution in [2.75, 3.05) is 6.61 Å². The highest BCUT2D eigenvalue weighted by molar-refractivity contribution is 5.79. The molecule has 166 valence electrons. The number of nitrogens with zero attached hydrogens (tertiary/aromatic N) is 2. The molecule has 5 heteroatoms. The van der Waals surface area contributed by atoms with Gasteiger partial charge in [0.05, 0.1) is 24.2 Å². The molecule has 0 radical (unpaired) electrons. The SMILES string of the molecule is CCC(CC)C(=O)NCc1nc2ccccc2n1CCCCOc1cc(C)ccc1C. The predicted molar refractivity (Wildman–Crippen MR) is 126 cm³/mol. The number of aryl methyl sites for hydroxylation is 3. The number of carbonyl (C=O) groups is 1. The predicted octanol–water partition coefficient (Wildman–Crippen LogP) is 5.56. The van der Waals surface area contributed by atoms with Crippen molar-refractivity contribution in [3.05, 3.63) is 59.4 Å². The van der Waals surface area contributed by atoms with Crippen LogP contribution in [-0.2, 0) is 17.9 Å². The molecule has 0 aliphatic carbocycles. The van der Waals surface area contributed by atoms with Crippen molar-refractivity contribution in [2.45, 2.75) is 66.5 Å². The number of ether oxygens (including phenoxy) is 1. The lowest BCUT2D eigenvalue weighted by Gasteiger charge is -2.14. The molecule has 0 unspecified atom stereocenters. The molecule has 1 amide bonds. The normalized spacial score (nSPS) is 11.3. The van der Waals surface area contributed by atoms with E-state index in [1.54, 1.807) is 0 Å². The van der Waals surface area contributed by atoms with Crippen molar-refractivity contribution in [1.29, 1.82) is 0 Å². The number of amides is 1. The van der Waals surface area contributed by atoms with E-state index in [2.05, 4.69) is 61.8 Å². The Balaban J connectivity index is 1.60. The van der Waals surface area contributed by atoms with E-state index in [1.165, 1.54) is 11.1 Å². The van der Waals surface area contributed by atoms with E-state index in [4.69, 9.17) is 9.72 Å². The summed E-state index contributed by atoms with van der Waals surface area (Å²) in [5.41, 5.74) is 4.47. The summed E-state index contributed by atoms with van der Waals surface area (Å²) in [6.07, 6.45) is 3.66. The van der Waals surface area contributed by atoms with E-state index in [1.807, 2.05) is 18.2 Å². The summed E-state index contributed by atoms with van der Waals surface area (Å²) >= 11 is 0. The van der Waals surface area contributed by atoms with Crippen LogP contribution in [0.15, 0.2) is 42.5 Å². The zero-order valence-electron chi connectivity index (χ0n) is 19.3. The van der Waals surface area contributed by atoms with E-state index >= 15 is 0 Å². The maximum absolute atomic E-state index is 12.4. The van der Waals surface area contributed by atoms with Crippen molar-refractivity contribution in [3.8, 4) is 5.75 Å². The molecule has 5 nitrogen and oxygen atoms in total. The van der Waals surface area contributed by atoms with Gasteiger partial charge in [0.1, 0.15) is 11.6 Å². The van der Waals surface area contributed by atoms with Gasteiger partial charge in [-0.05, 0) is 68.9 Å². The lowest BCUT2D eigenvalue weighted by atomic mass is 10.0. The Morgan fingerprint density at radius 1 is 1.10 bits per heavy atom. The Labute approximate surface area is 185 Å². The van der Waals surface area contributed by atoms with Crippen LogP contribution < -0.4 is 10.1 Å². The molecule has 1 heterocycles. The van der Waals surface area contributed by atoms with Gasteiger partial charge in [0, 0.05) is 12.5 Å². The second-order valence-corrected chi connectivity index (χ2v) is 8.22. The largest absolute Gasteiger partial charge is 0.493 e. The van der Waals surface area contributed by atoms with Crippen LogP contribution in [0.4, 0.5) is 0 Å². The molecule has 31 heavy (non-hydrogen) atoms. The van der Waals surface area contributed by atoms with Crippen LogP contribution >= 0.6 is 0 Å². The van der Waals surface area contributed by atoms with Crippen molar-refractivity contribution in [2.24, 2.45) is 5.92 Å². The number of para-hydroxylation sites is 2.